The molecule has 1 saturated heterocycles. The maximum Gasteiger partial charge on any atom is 0.241 e. The maximum atomic E-state index is 12.5. The van der Waals surface area contributed by atoms with Gasteiger partial charge in [-0.2, -0.15) is 0 Å². The van der Waals surface area contributed by atoms with Crippen LogP contribution in [0.15, 0.2) is 59.5 Å². The second-order valence-corrected chi connectivity index (χ2v) is 8.41. The lowest BCUT2D eigenvalue weighted by Gasteiger charge is -2.33. The maximum absolute atomic E-state index is 12.5. The molecule has 0 bridgehead atoms. The molecule has 3 rings (SSSR count). The summed E-state index contributed by atoms with van der Waals surface area (Å²) in [6, 6.07) is 15.3. The van der Waals surface area contributed by atoms with Crippen LogP contribution in [-0.2, 0) is 24.3 Å². The largest absolute Gasteiger partial charge is 0.370 e. The first-order chi connectivity index (χ1) is 13.8. The average molecular weight is 417 g/mol. The van der Waals surface area contributed by atoms with Crippen molar-refractivity contribution in [2.45, 2.75) is 17.9 Å². The summed E-state index contributed by atoms with van der Waals surface area (Å²) in [5, 5.41) is 2.57. The Morgan fingerprint density at radius 3 is 2.45 bits per heavy atom. The number of amides is 2. The minimum absolute atomic E-state index is 0.0172. The Morgan fingerprint density at radius 1 is 1.10 bits per heavy atom. The van der Waals surface area contributed by atoms with E-state index in [1.165, 1.54) is 31.2 Å². The lowest BCUT2D eigenvalue weighted by Crippen LogP contribution is -2.46. The molecule has 29 heavy (non-hydrogen) atoms. The van der Waals surface area contributed by atoms with Gasteiger partial charge in [0, 0.05) is 19.2 Å². The third-order valence-electron chi connectivity index (χ3n) is 4.49. The highest BCUT2D eigenvalue weighted by Crippen LogP contribution is 2.22. The van der Waals surface area contributed by atoms with Gasteiger partial charge in [-0.15, -0.1) is 0 Å². The monoisotopic (exact) mass is 417 g/mol. The number of ether oxygens (including phenoxy) is 1. The van der Waals surface area contributed by atoms with Crippen LogP contribution in [0.2, 0.25) is 0 Å². The summed E-state index contributed by atoms with van der Waals surface area (Å²) < 4.78 is 33.0. The zero-order valence-corrected chi connectivity index (χ0v) is 16.8. The highest BCUT2D eigenvalue weighted by atomic mass is 32.2. The van der Waals surface area contributed by atoms with E-state index in [9.17, 15) is 18.0 Å². The summed E-state index contributed by atoms with van der Waals surface area (Å²) in [5.41, 5.74) is 1.47. The standard InChI is InChI=1S/C20H23N3O5S/c1-15(24)22-17-7-9-18(10-8-17)29(26,27)21-13-20(25)23-11-12-28-19(14-23)16-5-3-2-4-6-16/h2-10,19,21H,11-14H2,1H3,(H,22,24). The molecule has 2 N–H and O–H groups in total. The van der Waals surface area contributed by atoms with Crippen molar-refractivity contribution < 1.29 is 22.7 Å². The van der Waals surface area contributed by atoms with Crippen LogP contribution in [0.25, 0.3) is 0 Å². The van der Waals surface area contributed by atoms with Gasteiger partial charge < -0.3 is 15.0 Å². The smallest absolute Gasteiger partial charge is 0.241 e. The fraction of sp³-hybridized carbons (Fsp3) is 0.300. The summed E-state index contributed by atoms with van der Waals surface area (Å²) in [6.07, 6.45) is -0.230. The predicted molar refractivity (Wildman–Crippen MR) is 108 cm³/mol. The van der Waals surface area contributed by atoms with Crippen LogP contribution in [-0.4, -0.2) is 51.4 Å². The Kier molecular flexibility index (Phi) is 6.63. The SMILES string of the molecule is CC(=O)Nc1ccc(S(=O)(=O)NCC(=O)N2CCOC(c3ccccc3)C2)cc1. The Morgan fingerprint density at radius 2 is 1.79 bits per heavy atom. The molecule has 0 aliphatic carbocycles. The molecule has 1 atom stereocenters. The molecule has 0 radical (unpaired) electrons. The van der Waals surface area contributed by atoms with Crippen molar-refractivity contribution in [2.24, 2.45) is 0 Å². The molecule has 0 spiro atoms. The van der Waals surface area contributed by atoms with Gasteiger partial charge in [-0.25, -0.2) is 13.1 Å². The van der Waals surface area contributed by atoms with Gasteiger partial charge in [0.05, 0.1) is 24.6 Å². The Balaban J connectivity index is 1.58. The van der Waals surface area contributed by atoms with E-state index >= 15 is 0 Å². The summed E-state index contributed by atoms with van der Waals surface area (Å²) in [5.74, 6) is -0.559. The normalized spacial score (nSPS) is 17.0. The van der Waals surface area contributed by atoms with Crippen LogP contribution >= 0.6 is 0 Å². The van der Waals surface area contributed by atoms with E-state index in [1.807, 2.05) is 30.3 Å². The summed E-state index contributed by atoms with van der Waals surface area (Å²) in [6.45, 7) is 2.21. The Bertz CT molecular complexity index is 961. The second kappa shape index (κ2) is 9.17. The zero-order chi connectivity index (χ0) is 20.9. The van der Waals surface area contributed by atoms with Crippen LogP contribution in [0.5, 0.6) is 0 Å². The van der Waals surface area contributed by atoms with Gasteiger partial charge in [-0.3, -0.25) is 9.59 Å². The number of morpholine rings is 1. The summed E-state index contributed by atoms with van der Waals surface area (Å²) in [4.78, 5) is 25.2. The van der Waals surface area contributed by atoms with E-state index in [0.717, 1.165) is 5.56 Å². The van der Waals surface area contributed by atoms with Crippen LogP contribution in [0.1, 0.15) is 18.6 Å². The minimum atomic E-state index is -3.85. The lowest BCUT2D eigenvalue weighted by atomic mass is 10.1. The van der Waals surface area contributed by atoms with Crippen molar-refractivity contribution in [3.8, 4) is 0 Å². The predicted octanol–water partition coefficient (Wildman–Crippen LogP) is 1.52. The number of nitrogens with zero attached hydrogens (tertiary/aromatic N) is 1. The first kappa shape index (κ1) is 21.0. The van der Waals surface area contributed by atoms with Gasteiger partial charge in [0.25, 0.3) is 0 Å². The second-order valence-electron chi connectivity index (χ2n) is 6.64. The fourth-order valence-electron chi connectivity index (χ4n) is 3.02. The first-order valence-corrected chi connectivity index (χ1v) is 10.6. The van der Waals surface area contributed by atoms with E-state index in [4.69, 9.17) is 4.74 Å². The van der Waals surface area contributed by atoms with Gasteiger partial charge >= 0.3 is 0 Å². The molecule has 2 amide bonds. The highest BCUT2D eigenvalue weighted by molar-refractivity contribution is 7.89. The van der Waals surface area contributed by atoms with Gasteiger partial charge in [-0.05, 0) is 29.8 Å². The molecule has 154 valence electrons. The topological polar surface area (TPSA) is 105 Å². The van der Waals surface area contributed by atoms with Crippen molar-refractivity contribution in [3.63, 3.8) is 0 Å². The fourth-order valence-corrected chi connectivity index (χ4v) is 3.99. The number of hydrogen-bond acceptors (Lipinski definition) is 5. The molecule has 0 aromatic heterocycles. The number of rotatable bonds is 6. The van der Waals surface area contributed by atoms with Gasteiger partial charge in [0.1, 0.15) is 6.10 Å². The molecule has 2 aromatic carbocycles. The molecule has 1 heterocycles. The van der Waals surface area contributed by atoms with Gasteiger partial charge in [-0.1, -0.05) is 30.3 Å². The minimum Gasteiger partial charge on any atom is -0.370 e. The molecule has 2 aromatic rings. The Labute approximate surface area is 169 Å². The van der Waals surface area contributed by atoms with E-state index in [-0.39, 0.29) is 29.4 Å². The molecule has 1 aliphatic rings. The first-order valence-electron chi connectivity index (χ1n) is 9.17. The molecule has 9 heteroatoms. The molecule has 1 fully saturated rings. The number of carbonyl (C=O) groups is 2. The number of anilines is 1. The molecular formula is C20H23N3O5S. The van der Waals surface area contributed by atoms with E-state index in [2.05, 4.69) is 10.0 Å². The third kappa shape index (κ3) is 5.63. The number of benzene rings is 2. The van der Waals surface area contributed by atoms with E-state index in [1.54, 1.807) is 4.90 Å². The van der Waals surface area contributed by atoms with Crippen molar-refractivity contribution in [1.29, 1.82) is 0 Å². The van der Waals surface area contributed by atoms with Gasteiger partial charge in [0.15, 0.2) is 0 Å². The Hall–Kier alpha value is -2.75. The van der Waals surface area contributed by atoms with Crippen molar-refractivity contribution in [3.05, 3.63) is 60.2 Å². The van der Waals surface area contributed by atoms with E-state index in [0.29, 0.717) is 25.4 Å². The number of nitrogens with one attached hydrogen (secondary N) is 2. The lowest BCUT2D eigenvalue weighted by molar-refractivity contribution is -0.137. The zero-order valence-electron chi connectivity index (χ0n) is 16.0. The highest BCUT2D eigenvalue weighted by Gasteiger charge is 2.26. The van der Waals surface area contributed by atoms with Crippen molar-refractivity contribution in [1.82, 2.24) is 9.62 Å². The van der Waals surface area contributed by atoms with Gasteiger partial charge in [0.2, 0.25) is 21.8 Å². The molecule has 8 nitrogen and oxygen atoms in total. The van der Waals surface area contributed by atoms with Crippen LogP contribution in [0.4, 0.5) is 5.69 Å². The van der Waals surface area contributed by atoms with Crippen LogP contribution in [0, 0.1) is 0 Å². The quantitative estimate of drug-likeness (QED) is 0.742. The van der Waals surface area contributed by atoms with E-state index < -0.39 is 10.0 Å². The summed E-state index contributed by atoms with van der Waals surface area (Å²) in [7, 11) is -3.85. The average Bonchev–Trinajstić information content (AvgIpc) is 2.73. The van der Waals surface area contributed by atoms with Crippen LogP contribution in [0.3, 0.4) is 0 Å². The number of carbonyl (C=O) groups excluding carboxylic acids is 2. The number of sulfonamides is 1. The molecular weight excluding hydrogens is 394 g/mol. The molecule has 1 unspecified atom stereocenters. The number of hydrogen-bond donors (Lipinski definition) is 2. The molecule has 1 aliphatic heterocycles. The van der Waals surface area contributed by atoms with Crippen LogP contribution < -0.4 is 10.0 Å². The third-order valence-corrected chi connectivity index (χ3v) is 5.91. The summed E-state index contributed by atoms with van der Waals surface area (Å²) >= 11 is 0. The van der Waals surface area contributed by atoms with Crippen molar-refractivity contribution >= 4 is 27.5 Å². The van der Waals surface area contributed by atoms with Crippen molar-refractivity contribution in [2.75, 3.05) is 31.6 Å². The molecule has 0 saturated carbocycles.